The number of aryl methyl sites for hydroxylation is 1. The first kappa shape index (κ1) is 34.2. The number of ether oxygens (including phenoxy) is 2. The normalized spacial score (nSPS) is 20.7. The van der Waals surface area contributed by atoms with Crippen LogP contribution in [0.3, 0.4) is 0 Å². The Morgan fingerprint density at radius 3 is 2.34 bits per heavy atom. The number of likely N-dealkylation sites (tertiary alicyclic amines) is 3. The number of carbonyl (C=O) groups is 3. The van der Waals surface area contributed by atoms with E-state index in [2.05, 4.69) is 26.3 Å². The summed E-state index contributed by atoms with van der Waals surface area (Å²) in [6, 6.07) is 12.2. The van der Waals surface area contributed by atoms with E-state index in [9.17, 15) is 14.4 Å². The lowest BCUT2D eigenvalue weighted by Gasteiger charge is -2.42. The minimum Gasteiger partial charge on any atom is -0.436 e. The summed E-state index contributed by atoms with van der Waals surface area (Å²) in [4.78, 5) is 58.0. The van der Waals surface area contributed by atoms with Crippen LogP contribution in [0.2, 0.25) is 0 Å². The number of hydrogen-bond acceptors (Lipinski definition) is 8. The Morgan fingerprint density at radius 1 is 0.880 bits per heavy atom. The van der Waals surface area contributed by atoms with E-state index in [-0.39, 0.29) is 24.4 Å². The molecule has 3 aromatic rings. The first-order valence-corrected chi connectivity index (χ1v) is 18.2. The number of fused-ring (bicyclic) bond motifs is 2. The van der Waals surface area contributed by atoms with Gasteiger partial charge in [-0.1, -0.05) is 24.3 Å². The second-order valence-electron chi connectivity index (χ2n) is 14.2. The molecule has 0 saturated carbocycles. The van der Waals surface area contributed by atoms with Crippen molar-refractivity contribution < 1.29 is 23.9 Å². The Hall–Kier alpha value is -4.29. The van der Waals surface area contributed by atoms with Gasteiger partial charge in [-0.3, -0.25) is 14.8 Å². The van der Waals surface area contributed by atoms with Crippen molar-refractivity contribution in [1.29, 1.82) is 0 Å². The molecular weight excluding hydrogens is 634 g/mol. The summed E-state index contributed by atoms with van der Waals surface area (Å²) in [5, 5.41) is 3.06. The monoisotopic (exact) mass is 683 g/mol. The lowest BCUT2D eigenvalue weighted by Crippen LogP contribution is -2.53. The molecule has 7 rings (SSSR count). The Labute approximate surface area is 294 Å². The molecule has 50 heavy (non-hydrogen) atoms. The molecule has 0 aliphatic carbocycles. The zero-order chi connectivity index (χ0) is 34.6. The van der Waals surface area contributed by atoms with Crippen molar-refractivity contribution in [2.24, 2.45) is 0 Å². The molecule has 4 aliphatic rings. The average molecular weight is 684 g/mol. The molecule has 1 aromatic heterocycles. The number of rotatable bonds is 7. The van der Waals surface area contributed by atoms with Crippen LogP contribution >= 0.6 is 0 Å². The number of amides is 4. The predicted octanol–water partition coefficient (Wildman–Crippen LogP) is 4.64. The summed E-state index contributed by atoms with van der Waals surface area (Å²) in [5.41, 5.74) is 5.40. The third-order valence-electron chi connectivity index (χ3n) is 11.2. The minimum absolute atomic E-state index is 0.0223. The summed E-state index contributed by atoms with van der Waals surface area (Å²) in [6.45, 7) is 6.84. The van der Waals surface area contributed by atoms with Gasteiger partial charge in [-0.05, 0) is 80.7 Å². The topological polar surface area (TPSA) is 120 Å². The lowest BCUT2D eigenvalue weighted by molar-refractivity contribution is -0.142. The minimum atomic E-state index is -0.961. The van der Waals surface area contributed by atoms with E-state index in [1.807, 2.05) is 47.1 Å². The SMILES string of the molecule is COC1CCN(C2CCN(C(=O)[C@@H](Cc3cc(C)c4nccnc4c3)OC(=O)N3CCC(N4CCc5ccccc5NC4=O)CC3)CC2)CC1. The van der Waals surface area contributed by atoms with Gasteiger partial charge in [0.15, 0.2) is 6.10 Å². The van der Waals surface area contributed by atoms with Gasteiger partial charge in [0.1, 0.15) is 0 Å². The molecule has 0 unspecified atom stereocenters. The first-order valence-electron chi connectivity index (χ1n) is 18.2. The van der Waals surface area contributed by atoms with Crippen molar-refractivity contribution >= 4 is 34.8 Å². The third-order valence-corrected chi connectivity index (χ3v) is 11.2. The second kappa shape index (κ2) is 15.3. The Balaban J connectivity index is 1.00. The molecule has 1 N–H and O–H groups in total. The number of urea groups is 1. The summed E-state index contributed by atoms with van der Waals surface area (Å²) in [6.07, 6.45) is 8.45. The van der Waals surface area contributed by atoms with Gasteiger partial charge in [0, 0.05) is 89.5 Å². The smallest absolute Gasteiger partial charge is 0.410 e. The molecule has 4 amide bonds. The number of aromatic nitrogens is 2. The number of nitrogens with zero attached hydrogens (tertiary/aromatic N) is 6. The van der Waals surface area contributed by atoms with Crippen molar-refractivity contribution in [1.82, 2.24) is 29.6 Å². The highest BCUT2D eigenvalue weighted by Crippen LogP contribution is 2.27. The highest BCUT2D eigenvalue weighted by Gasteiger charge is 2.36. The lowest BCUT2D eigenvalue weighted by atomic mass is 9.97. The molecule has 3 fully saturated rings. The third kappa shape index (κ3) is 7.56. The quantitative estimate of drug-likeness (QED) is 0.383. The van der Waals surface area contributed by atoms with Crippen LogP contribution in [0.1, 0.15) is 55.2 Å². The van der Waals surface area contributed by atoms with Gasteiger partial charge in [-0.15, -0.1) is 0 Å². The Morgan fingerprint density at radius 2 is 1.58 bits per heavy atom. The summed E-state index contributed by atoms with van der Waals surface area (Å²) in [7, 11) is 1.79. The number of methoxy groups -OCH3 is 1. The van der Waals surface area contributed by atoms with Crippen LogP contribution in [0.4, 0.5) is 15.3 Å². The standard InChI is InChI=1S/C38H49N7O5/c1-26-23-27(24-33-35(26)40-15-14-39-33)25-34(36(46)43-16-8-29(9-17-43)42-20-12-31(49-2)13-21-42)50-38(48)44-18-10-30(11-19-44)45-22-7-28-5-3-4-6-32(28)41-37(45)47/h3-6,14-15,23-24,29-31,34H,7-13,16-22,25H2,1-2H3,(H,41,47)/t34-/m1/s1. The van der Waals surface area contributed by atoms with E-state index in [0.29, 0.717) is 57.7 Å². The molecule has 0 radical (unpaired) electrons. The number of anilines is 1. The van der Waals surface area contributed by atoms with Crippen molar-refractivity contribution in [3.63, 3.8) is 0 Å². The van der Waals surface area contributed by atoms with Crippen LogP contribution in [0, 0.1) is 6.92 Å². The number of carbonyl (C=O) groups excluding carboxylic acids is 3. The molecule has 4 aliphatic heterocycles. The molecule has 2 aromatic carbocycles. The fourth-order valence-corrected chi connectivity index (χ4v) is 8.26. The molecule has 0 spiro atoms. The highest BCUT2D eigenvalue weighted by atomic mass is 16.6. The zero-order valence-electron chi connectivity index (χ0n) is 29.3. The second-order valence-corrected chi connectivity index (χ2v) is 14.2. The van der Waals surface area contributed by atoms with Crippen molar-refractivity contribution in [2.45, 2.75) is 82.6 Å². The Kier molecular flexibility index (Phi) is 10.5. The van der Waals surface area contributed by atoms with E-state index in [0.717, 1.165) is 78.6 Å². The van der Waals surface area contributed by atoms with E-state index >= 15 is 0 Å². The van der Waals surface area contributed by atoms with Crippen molar-refractivity contribution in [3.05, 3.63) is 65.5 Å². The van der Waals surface area contributed by atoms with Crippen LogP contribution in [0.15, 0.2) is 48.8 Å². The number of piperidine rings is 3. The molecule has 5 heterocycles. The van der Waals surface area contributed by atoms with Crippen molar-refractivity contribution in [3.8, 4) is 0 Å². The number of benzene rings is 2. The van der Waals surface area contributed by atoms with Gasteiger partial charge in [0.2, 0.25) is 0 Å². The summed E-state index contributed by atoms with van der Waals surface area (Å²) < 4.78 is 11.7. The number of para-hydroxylation sites is 1. The maximum Gasteiger partial charge on any atom is 0.410 e. The van der Waals surface area contributed by atoms with E-state index in [1.54, 1.807) is 24.4 Å². The molecule has 1 atom stereocenters. The van der Waals surface area contributed by atoms with Gasteiger partial charge < -0.3 is 34.4 Å². The maximum atomic E-state index is 14.2. The van der Waals surface area contributed by atoms with Gasteiger partial charge in [-0.2, -0.15) is 0 Å². The largest absolute Gasteiger partial charge is 0.436 e. The molecular formula is C38H49N7O5. The number of nitrogens with one attached hydrogen (secondary N) is 1. The van der Waals surface area contributed by atoms with Crippen LogP contribution < -0.4 is 5.32 Å². The van der Waals surface area contributed by atoms with Gasteiger partial charge in [-0.25, -0.2) is 9.59 Å². The zero-order valence-corrected chi connectivity index (χ0v) is 29.3. The maximum absolute atomic E-state index is 14.2. The number of hydrogen-bond donors (Lipinski definition) is 1. The van der Waals surface area contributed by atoms with Gasteiger partial charge >= 0.3 is 12.1 Å². The summed E-state index contributed by atoms with van der Waals surface area (Å²) >= 11 is 0. The van der Waals surface area contributed by atoms with Crippen molar-refractivity contribution in [2.75, 3.05) is 58.2 Å². The fraction of sp³-hybridized carbons (Fsp3) is 0.553. The molecule has 3 saturated heterocycles. The van der Waals surface area contributed by atoms with Crippen LogP contribution in [0.25, 0.3) is 11.0 Å². The Bertz CT molecular complexity index is 1680. The van der Waals surface area contributed by atoms with E-state index < -0.39 is 12.2 Å². The molecule has 12 nitrogen and oxygen atoms in total. The fourth-order valence-electron chi connectivity index (χ4n) is 8.26. The van der Waals surface area contributed by atoms with Crippen LogP contribution in [-0.4, -0.2) is 125 Å². The van der Waals surface area contributed by atoms with Crippen LogP contribution in [0.5, 0.6) is 0 Å². The van der Waals surface area contributed by atoms with Gasteiger partial charge in [0.05, 0.1) is 17.1 Å². The highest BCUT2D eigenvalue weighted by molar-refractivity contribution is 5.91. The summed E-state index contributed by atoms with van der Waals surface area (Å²) in [5.74, 6) is -0.150. The first-order chi connectivity index (χ1) is 24.4. The predicted molar refractivity (Wildman–Crippen MR) is 190 cm³/mol. The molecule has 12 heteroatoms. The molecule has 0 bridgehead atoms. The van der Waals surface area contributed by atoms with Crippen LogP contribution in [-0.2, 0) is 27.1 Å². The average Bonchev–Trinajstić information content (AvgIpc) is 3.32. The van der Waals surface area contributed by atoms with Gasteiger partial charge in [0.25, 0.3) is 5.91 Å². The van der Waals surface area contributed by atoms with E-state index in [1.165, 1.54) is 0 Å². The van der Waals surface area contributed by atoms with E-state index in [4.69, 9.17) is 9.47 Å². The molecule has 266 valence electrons.